The number of nitrogens with two attached hydrogens (primary N) is 2. The van der Waals surface area contributed by atoms with Crippen molar-refractivity contribution in [1.82, 2.24) is 10.6 Å². The van der Waals surface area contributed by atoms with Gasteiger partial charge in [0.25, 0.3) is 0 Å². The Labute approximate surface area is 181 Å². The molecule has 3 rings (SSSR count). The summed E-state index contributed by atoms with van der Waals surface area (Å²) >= 11 is 0. The highest BCUT2D eigenvalue weighted by Gasteiger charge is 2.38. The number of aliphatic imine (C=N–C) groups is 1. The maximum absolute atomic E-state index is 12.5. The number of carboxylic acids is 1. The SMILES string of the molecule is NC(N)=NCCNC1CCC(CC(=O)N[C@H]2Cc3cccc(C(=O)O)c3OB2O)CC1. The van der Waals surface area contributed by atoms with Gasteiger partial charge in [0.2, 0.25) is 5.91 Å². The summed E-state index contributed by atoms with van der Waals surface area (Å²) in [5, 5.41) is 25.8. The molecule has 1 aromatic rings. The summed E-state index contributed by atoms with van der Waals surface area (Å²) in [7, 11) is -1.29. The van der Waals surface area contributed by atoms with Crippen LogP contribution in [-0.2, 0) is 11.2 Å². The molecule has 1 aromatic carbocycles. The van der Waals surface area contributed by atoms with Crippen molar-refractivity contribution >= 4 is 25.0 Å². The van der Waals surface area contributed by atoms with Gasteiger partial charge in [-0.25, -0.2) is 4.79 Å². The Bertz CT molecular complexity index is 824. The van der Waals surface area contributed by atoms with Crippen molar-refractivity contribution in [3.05, 3.63) is 29.3 Å². The van der Waals surface area contributed by atoms with Crippen LogP contribution in [-0.4, -0.2) is 60.2 Å². The van der Waals surface area contributed by atoms with Gasteiger partial charge in [-0.05, 0) is 49.7 Å². The van der Waals surface area contributed by atoms with Crippen LogP contribution in [0.25, 0.3) is 0 Å². The Morgan fingerprint density at radius 3 is 2.65 bits per heavy atom. The van der Waals surface area contributed by atoms with Gasteiger partial charge < -0.3 is 36.9 Å². The highest BCUT2D eigenvalue weighted by molar-refractivity contribution is 6.47. The van der Waals surface area contributed by atoms with Crippen LogP contribution in [0.15, 0.2) is 23.2 Å². The lowest BCUT2D eigenvalue weighted by molar-refractivity contribution is -0.122. The van der Waals surface area contributed by atoms with Crippen LogP contribution in [0.4, 0.5) is 0 Å². The third kappa shape index (κ3) is 6.35. The van der Waals surface area contributed by atoms with E-state index < -0.39 is 19.0 Å². The van der Waals surface area contributed by atoms with Crippen molar-refractivity contribution in [2.75, 3.05) is 13.1 Å². The van der Waals surface area contributed by atoms with E-state index in [1.165, 1.54) is 6.07 Å². The van der Waals surface area contributed by atoms with Crippen molar-refractivity contribution in [1.29, 1.82) is 0 Å². The van der Waals surface area contributed by atoms with E-state index in [1.807, 2.05) is 0 Å². The molecule has 1 heterocycles. The van der Waals surface area contributed by atoms with Crippen molar-refractivity contribution < 1.29 is 24.4 Å². The fourth-order valence-corrected chi connectivity index (χ4v) is 4.27. The largest absolute Gasteiger partial charge is 0.547 e. The first-order valence-corrected chi connectivity index (χ1v) is 10.6. The maximum atomic E-state index is 12.5. The number of fused-ring (bicyclic) bond motifs is 1. The summed E-state index contributed by atoms with van der Waals surface area (Å²) in [5.74, 6) is -1.31. The molecular formula is C20H30BN5O5. The van der Waals surface area contributed by atoms with E-state index in [2.05, 4.69) is 15.6 Å². The summed E-state index contributed by atoms with van der Waals surface area (Å²) in [5.41, 5.74) is 11.3. The van der Waals surface area contributed by atoms with Crippen LogP contribution in [0.5, 0.6) is 5.75 Å². The van der Waals surface area contributed by atoms with Gasteiger partial charge in [-0.15, -0.1) is 0 Å². The number of guanidine groups is 1. The molecule has 0 unspecified atom stereocenters. The number of nitrogens with one attached hydrogen (secondary N) is 2. The number of aromatic carboxylic acids is 1. The zero-order valence-corrected chi connectivity index (χ0v) is 17.4. The van der Waals surface area contributed by atoms with E-state index >= 15 is 0 Å². The Hall–Kier alpha value is -2.79. The minimum absolute atomic E-state index is 0.00462. The fraction of sp³-hybridized carbons (Fsp3) is 0.550. The summed E-state index contributed by atoms with van der Waals surface area (Å²) < 4.78 is 5.43. The maximum Gasteiger partial charge on any atom is 0.547 e. The van der Waals surface area contributed by atoms with Crippen molar-refractivity contribution in [3.63, 3.8) is 0 Å². The zero-order valence-electron chi connectivity index (χ0n) is 17.4. The molecule has 168 valence electrons. The van der Waals surface area contributed by atoms with Gasteiger partial charge in [-0.1, -0.05) is 12.1 Å². The van der Waals surface area contributed by atoms with Crippen LogP contribution in [0.3, 0.4) is 0 Å². The molecule has 0 spiro atoms. The first-order chi connectivity index (χ1) is 14.8. The van der Waals surface area contributed by atoms with Crippen molar-refractivity contribution in [2.45, 2.75) is 50.5 Å². The van der Waals surface area contributed by atoms with E-state index in [9.17, 15) is 19.7 Å². The standard InChI is InChI=1S/C20H30BN5O5/c22-20(23)25-9-8-24-14-6-4-12(5-7-14)10-17(27)26-16-11-13-2-1-3-15(19(28)29)18(13)31-21(16)30/h1-3,12,14,16,24,30H,4-11H2,(H,26,27)(H,28,29)(H4,22,23,25)/t12?,14?,16-/m0/s1. The molecule has 1 fully saturated rings. The average molecular weight is 431 g/mol. The number of benzene rings is 1. The predicted octanol–water partition coefficient (Wildman–Crippen LogP) is -0.364. The Morgan fingerprint density at radius 2 is 1.97 bits per heavy atom. The highest BCUT2D eigenvalue weighted by atomic mass is 16.5. The molecule has 2 aliphatic rings. The predicted molar refractivity (Wildman–Crippen MR) is 117 cm³/mol. The molecule has 0 aromatic heterocycles. The average Bonchev–Trinajstić information content (AvgIpc) is 2.72. The van der Waals surface area contributed by atoms with Gasteiger partial charge in [0, 0.05) is 19.0 Å². The molecule has 0 bridgehead atoms. The Balaban J connectivity index is 1.44. The second-order valence-electron chi connectivity index (χ2n) is 8.17. The lowest BCUT2D eigenvalue weighted by Gasteiger charge is -2.31. The summed E-state index contributed by atoms with van der Waals surface area (Å²) in [6.07, 6.45) is 4.58. The molecule has 1 aliphatic carbocycles. The zero-order chi connectivity index (χ0) is 22.4. The van der Waals surface area contributed by atoms with Crippen LogP contribution in [0.2, 0.25) is 0 Å². The minimum Gasteiger partial charge on any atom is -0.534 e. The smallest absolute Gasteiger partial charge is 0.534 e. The number of carbonyl (C=O) groups is 2. The van der Waals surface area contributed by atoms with Crippen LogP contribution in [0.1, 0.15) is 48.0 Å². The molecule has 0 radical (unpaired) electrons. The molecule has 8 N–H and O–H groups in total. The molecule has 31 heavy (non-hydrogen) atoms. The first kappa shape index (κ1) is 22.9. The number of para-hydroxylation sites is 1. The van der Waals surface area contributed by atoms with Gasteiger partial charge in [-0.2, -0.15) is 0 Å². The normalized spacial score (nSPS) is 22.7. The molecule has 11 heteroatoms. The number of hydrogen-bond donors (Lipinski definition) is 6. The third-order valence-electron chi connectivity index (χ3n) is 5.86. The highest BCUT2D eigenvalue weighted by Crippen LogP contribution is 2.31. The van der Waals surface area contributed by atoms with Crippen LogP contribution >= 0.6 is 0 Å². The fourth-order valence-electron chi connectivity index (χ4n) is 4.27. The first-order valence-electron chi connectivity index (χ1n) is 10.6. The quantitative estimate of drug-likeness (QED) is 0.140. The van der Waals surface area contributed by atoms with Crippen molar-refractivity contribution in [2.24, 2.45) is 22.4 Å². The van der Waals surface area contributed by atoms with Gasteiger partial charge in [0.15, 0.2) is 5.96 Å². The number of carbonyl (C=O) groups excluding carboxylic acids is 1. The van der Waals surface area contributed by atoms with Crippen molar-refractivity contribution in [3.8, 4) is 5.75 Å². The summed E-state index contributed by atoms with van der Waals surface area (Å²) in [6.45, 7) is 1.27. The Morgan fingerprint density at radius 1 is 1.23 bits per heavy atom. The van der Waals surface area contributed by atoms with E-state index in [4.69, 9.17) is 16.1 Å². The van der Waals surface area contributed by atoms with Crippen LogP contribution in [0, 0.1) is 5.92 Å². The number of nitrogens with zero attached hydrogens (tertiary/aromatic N) is 1. The molecule has 1 atom stereocenters. The topological polar surface area (TPSA) is 172 Å². The number of amides is 1. The van der Waals surface area contributed by atoms with E-state index in [0.29, 0.717) is 36.9 Å². The van der Waals surface area contributed by atoms with E-state index in [0.717, 1.165) is 32.2 Å². The summed E-state index contributed by atoms with van der Waals surface area (Å²) in [6, 6.07) is 5.21. The molecule has 1 aliphatic heterocycles. The Kier molecular flexibility index (Phi) is 7.75. The number of carboxylic acid groups (broad SMARTS) is 1. The van der Waals surface area contributed by atoms with E-state index in [1.54, 1.807) is 12.1 Å². The third-order valence-corrected chi connectivity index (χ3v) is 5.86. The lowest BCUT2D eigenvalue weighted by atomic mass is 9.72. The van der Waals surface area contributed by atoms with Gasteiger partial charge >= 0.3 is 13.1 Å². The number of hydrogen-bond acceptors (Lipinski definition) is 6. The monoisotopic (exact) mass is 431 g/mol. The summed E-state index contributed by atoms with van der Waals surface area (Å²) in [4.78, 5) is 27.8. The van der Waals surface area contributed by atoms with Gasteiger partial charge in [0.05, 0.1) is 18.0 Å². The van der Waals surface area contributed by atoms with E-state index in [-0.39, 0.29) is 23.2 Å². The molecule has 1 saturated carbocycles. The molecular weight excluding hydrogens is 401 g/mol. The minimum atomic E-state index is -1.29. The van der Waals surface area contributed by atoms with Gasteiger partial charge in [-0.3, -0.25) is 9.79 Å². The number of rotatable bonds is 8. The second-order valence-corrected chi connectivity index (χ2v) is 8.17. The van der Waals surface area contributed by atoms with Gasteiger partial charge in [0.1, 0.15) is 5.75 Å². The lowest BCUT2D eigenvalue weighted by Crippen LogP contribution is -2.53. The molecule has 0 saturated heterocycles. The molecule has 1 amide bonds. The van der Waals surface area contributed by atoms with Crippen LogP contribution < -0.4 is 26.8 Å². The second kappa shape index (κ2) is 10.5. The molecule has 10 nitrogen and oxygen atoms in total.